The van der Waals surface area contributed by atoms with Gasteiger partial charge in [-0.2, -0.15) is 0 Å². The second-order valence-electron chi connectivity index (χ2n) is 6.02. The average molecular weight is 274 g/mol. The van der Waals surface area contributed by atoms with Crippen LogP contribution in [0.3, 0.4) is 0 Å². The Morgan fingerprint density at radius 1 is 1.20 bits per heavy atom. The molecule has 20 heavy (non-hydrogen) atoms. The second-order valence-corrected chi connectivity index (χ2v) is 6.02. The second kappa shape index (κ2) is 5.35. The van der Waals surface area contributed by atoms with E-state index in [4.69, 9.17) is 10.8 Å². The molecule has 0 amide bonds. The lowest BCUT2D eigenvalue weighted by molar-refractivity contribution is 0.0698. The lowest BCUT2D eigenvalue weighted by Crippen LogP contribution is -2.34. The van der Waals surface area contributed by atoms with Crippen LogP contribution >= 0.6 is 0 Å². The highest BCUT2D eigenvalue weighted by molar-refractivity contribution is 5.94. The number of benzene rings is 1. The summed E-state index contributed by atoms with van der Waals surface area (Å²) in [6, 6.07) is 5.99. The number of anilines is 2. The van der Waals surface area contributed by atoms with Gasteiger partial charge in [-0.25, -0.2) is 4.79 Å². The smallest absolute Gasteiger partial charge is 0.337 e. The SMILES string of the molecule is Nc1cc(N2CCCC2C2CCCC2)ccc1C(=O)O. The number of nitrogens with zero attached hydrogens (tertiary/aromatic N) is 1. The van der Waals surface area contributed by atoms with Crippen molar-refractivity contribution < 1.29 is 9.90 Å². The van der Waals surface area contributed by atoms with Gasteiger partial charge in [-0.3, -0.25) is 0 Å². The number of carboxylic acid groups (broad SMARTS) is 1. The highest BCUT2D eigenvalue weighted by atomic mass is 16.4. The van der Waals surface area contributed by atoms with Gasteiger partial charge in [0.1, 0.15) is 0 Å². The van der Waals surface area contributed by atoms with Gasteiger partial charge in [-0.1, -0.05) is 12.8 Å². The summed E-state index contributed by atoms with van der Waals surface area (Å²) in [6.45, 7) is 1.06. The Labute approximate surface area is 119 Å². The number of nitrogens with two attached hydrogens (primary N) is 1. The zero-order valence-corrected chi connectivity index (χ0v) is 11.7. The van der Waals surface area contributed by atoms with Gasteiger partial charge < -0.3 is 15.7 Å². The van der Waals surface area contributed by atoms with Crippen molar-refractivity contribution in [1.82, 2.24) is 0 Å². The van der Waals surface area contributed by atoms with E-state index in [1.54, 1.807) is 6.07 Å². The Kier molecular flexibility index (Phi) is 3.55. The van der Waals surface area contributed by atoms with E-state index in [0.717, 1.165) is 18.2 Å². The van der Waals surface area contributed by atoms with Crippen LogP contribution < -0.4 is 10.6 Å². The summed E-state index contributed by atoms with van der Waals surface area (Å²) in [6.07, 6.45) is 7.87. The molecule has 1 saturated heterocycles. The lowest BCUT2D eigenvalue weighted by Gasteiger charge is -2.31. The summed E-state index contributed by atoms with van der Waals surface area (Å²) >= 11 is 0. The zero-order chi connectivity index (χ0) is 14.1. The van der Waals surface area contributed by atoms with Gasteiger partial charge in [-0.15, -0.1) is 0 Å². The van der Waals surface area contributed by atoms with Crippen molar-refractivity contribution >= 4 is 17.3 Å². The third kappa shape index (κ3) is 2.35. The number of nitrogen functional groups attached to an aromatic ring is 1. The molecule has 3 rings (SSSR count). The van der Waals surface area contributed by atoms with Crippen LogP contribution in [-0.4, -0.2) is 23.7 Å². The predicted molar refractivity (Wildman–Crippen MR) is 80.1 cm³/mol. The van der Waals surface area contributed by atoms with Crippen LogP contribution in [0.4, 0.5) is 11.4 Å². The van der Waals surface area contributed by atoms with E-state index in [-0.39, 0.29) is 5.56 Å². The number of carboxylic acids is 1. The monoisotopic (exact) mass is 274 g/mol. The van der Waals surface area contributed by atoms with Gasteiger partial charge in [0.25, 0.3) is 0 Å². The zero-order valence-electron chi connectivity index (χ0n) is 11.7. The van der Waals surface area contributed by atoms with E-state index in [1.807, 2.05) is 12.1 Å². The molecule has 1 aliphatic carbocycles. The van der Waals surface area contributed by atoms with Gasteiger partial charge >= 0.3 is 5.97 Å². The quantitative estimate of drug-likeness (QED) is 0.831. The maximum Gasteiger partial charge on any atom is 0.337 e. The van der Waals surface area contributed by atoms with Crippen molar-refractivity contribution in [3.63, 3.8) is 0 Å². The average Bonchev–Trinajstić information content (AvgIpc) is 3.09. The summed E-state index contributed by atoms with van der Waals surface area (Å²) in [7, 11) is 0. The van der Waals surface area contributed by atoms with Crippen LogP contribution in [0.25, 0.3) is 0 Å². The van der Waals surface area contributed by atoms with Crippen LogP contribution in [0.15, 0.2) is 18.2 Å². The lowest BCUT2D eigenvalue weighted by atomic mass is 9.95. The largest absolute Gasteiger partial charge is 0.478 e. The van der Waals surface area contributed by atoms with Gasteiger partial charge in [0.05, 0.1) is 5.56 Å². The van der Waals surface area contributed by atoms with Crippen LogP contribution in [0.5, 0.6) is 0 Å². The molecule has 1 unspecified atom stereocenters. The van der Waals surface area contributed by atoms with Gasteiger partial charge in [0.15, 0.2) is 0 Å². The van der Waals surface area contributed by atoms with Crippen molar-refractivity contribution in [2.45, 2.75) is 44.6 Å². The van der Waals surface area contributed by atoms with Crippen molar-refractivity contribution in [3.05, 3.63) is 23.8 Å². The van der Waals surface area contributed by atoms with Crippen molar-refractivity contribution in [2.75, 3.05) is 17.2 Å². The Hall–Kier alpha value is -1.71. The van der Waals surface area contributed by atoms with E-state index in [9.17, 15) is 4.79 Å². The fraction of sp³-hybridized carbons (Fsp3) is 0.562. The standard InChI is InChI=1S/C16H22N2O2/c17-14-10-12(7-8-13(14)16(19)20)18-9-3-6-15(18)11-4-1-2-5-11/h7-8,10-11,15H,1-6,9,17H2,(H,19,20). The number of aromatic carboxylic acids is 1. The molecule has 2 aliphatic rings. The topological polar surface area (TPSA) is 66.6 Å². The molecule has 1 aromatic rings. The molecule has 4 nitrogen and oxygen atoms in total. The predicted octanol–water partition coefficient (Wildman–Crippen LogP) is 3.13. The molecular formula is C16H22N2O2. The molecule has 1 saturated carbocycles. The number of rotatable bonds is 3. The van der Waals surface area contributed by atoms with Crippen molar-refractivity contribution in [1.29, 1.82) is 0 Å². The fourth-order valence-electron chi connectivity index (χ4n) is 3.87. The van der Waals surface area contributed by atoms with Crippen molar-refractivity contribution in [3.8, 4) is 0 Å². The molecule has 2 fully saturated rings. The normalized spacial score (nSPS) is 23.4. The molecule has 4 heteroatoms. The molecular weight excluding hydrogens is 252 g/mol. The summed E-state index contributed by atoms with van der Waals surface area (Å²) in [5.41, 5.74) is 7.53. The van der Waals surface area contributed by atoms with Gasteiger partial charge in [0.2, 0.25) is 0 Å². The number of hydrogen-bond donors (Lipinski definition) is 2. The first-order valence-electron chi connectivity index (χ1n) is 7.56. The van der Waals surface area contributed by atoms with Crippen LogP contribution in [0.1, 0.15) is 48.9 Å². The minimum atomic E-state index is -0.956. The van der Waals surface area contributed by atoms with E-state index >= 15 is 0 Å². The van der Waals surface area contributed by atoms with Gasteiger partial charge in [-0.05, 0) is 49.8 Å². The molecule has 0 spiro atoms. The summed E-state index contributed by atoms with van der Waals surface area (Å²) in [5, 5.41) is 9.05. The first-order chi connectivity index (χ1) is 9.66. The molecule has 1 heterocycles. The Morgan fingerprint density at radius 2 is 1.95 bits per heavy atom. The third-order valence-corrected chi connectivity index (χ3v) is 4.84. The Morgan fingerprint density at radius 3 is 2.60 bits per heavy atom. The maximum atomic E-state index is 11.0. The van der Waals surface area contributed by atoms with Crippen molar-refractivity contribution in [2.24, 2.45) is 5.92 Å². The van der Waals surface area contributed by atoms with E-state index in [2.05, 4.69) is 4.90 Å². The first kappa shape index (κ1) is 13.3. The van der Waals surface area contributed by atoms with E-state index in [0.29, 0.717) is 11.7 Å². The first-order valence-corrected chi connectivity index (χ1v) is 7.56. The highest BCUT2D eigenvalue weighted by Gasteiger charge is 2.33. The van der Waals surface area contributed by atoms with E-state index in [1.165, 1.54) is 38.5 Å². The van der Waals surface area contributed by atoms with Crippen LogP contribution in [0, 0.1) is 5.92 Å². The molecule has 3 N–H and O–H groups in total. The molecule has 0 bridgehead atoms. The number of hydrogen-bond acceptors (Lipinski definition) is 3. The summed E-state index contributed by atoms with van der Waals surface area (Å²) in [4.78, 5) is 13.5. The maximum absolute atomic E-state index is 11.0. The minimum absolute atomic E-state index is 0.199. The number of carbonyl (C=O) groups is 1. The molecule has 1 aromatic carbocycles. The fourth-order valence-corrected chi connectivity index (χ4v) is 3.87. The summed E-state index contributed by atoms with van der Waals surface area (Å²) in [5.74, 6) is -0.152. The molecule has 0 radical (unpaired) electrons. The van der Waals surface area contributed by atoms with E-state index < -0.39 is 5.97 Å². The van der Waals surface area contributed by atoms with Crippen LogP contribution in [-0.2, 0) is 0 Å². The molecule has 0 aromatic heterocycles. The highest BCUT2D eigenvalue weighted by Crippen LogP contribution is 2.38. The van der Waals surface area contributed by atoms with Crippen LogP contribution in [0.2, 0.25) is 0 Å². The van der Waals surface area contributed by atoms with Gasteiger partial charge in [0, 0.05) is 24.0 Å². The summed E-state index contributed by atoms with van der Waals surface area (Å²) < 4.78 is 0. The molecule has 108 valence electrons. The molecule has 1 aliphatic heterocycles. The molecule has 1 atom stereocenters. The minimum Gasteiger partial charge on any atom is -0.478 e. The third-order valence-electron chi connectivity index (χ3n) is 4.84. The Balaban J connectivity index is 1.84. The Bertz CT molecular complexity index is 509.